The number of nitrogens with zero attached hydrogens (tertiary/aromatic N) is 4. The summed E-state index contributed by atoms with van der Waals surface area (Å²) in [6, 6.07) is 18.6. The van der Waals surface area contributed by atoms with E-state index in [2.05, 4.69) is 26.6 Å². The van der Waals surface area contributed by atoms with Gasteiger partial charge < -0.3 is 15.0 Å². The van der Waals surface area contributed by atoms with Crippen molar-refractivity contribution in [2.24, 2.45) is 4.99 Å². The van der Waals surface area contributed by atoms with Gasteiger partial charge >= 0.3 is 6.09 Å². The Morgan fingerprint density at radius 2 is 2.19 bits per heavy atom. The summed E-state index contributed by atoms with van der Waals surface area (Å²) in [6.45, 7) is 0.817. The molecule has 2 N–H and O–H groups in total. The van der Waals surface area contributed by atoms with Crippen LogP contribution in [0.5, 0.6) is 0 Å². The number of carbonyl (C=O) groups is 1. The number of nitriles is 1. The van der Waals surface area contributed by atoms with Gasteiger partial charge in [-0.15, -0.1) is 0 Å². The van der Waals surface area contributed by atoms with E-state index < -0.39 is 0 Å². The molecule has 1 aliphatic rings. The third kappa shape index (κ3) is 5.07. The van der Waals surface area contributed by atoms with Crippen LogP contribution >= 0.6 is 11.6 Å². The number of likely N-dealkylation sites (tertiary alicyclic amines) is 1. The Hall–Kier alpha value is -3.83. The number of nitrogens with one attached hydrogen (secondary N) is 2. The molecule has 1 aromatic heterocycles. The highest BCUT2D eigenvalue weighted by Gasteiger charge is 2.29. The SMILES string of the molecule is N#Cc1c(Nc2cccc(Cl)c2)n[nH]c1/N=C/C1CCCN1C(=O)OCc1ccccc1. The monoisotopic (exact) mass is 448 g/mol. The molecule has 32 heavy (non-hydrogen) atoms. The quantitative estimate of drug-likeness (QED) is 0.505. The lowest BCUT2D eigenvalue weighted by molar-refractivity contribution is 0.0997. The van der Waals surface area contributed by atoms with E-state index in [-0.39, 0.29) is 24.3 Å². The predicted molar refractivity (Wildman–Crippen MR) is 123 cm³/mol. The zero-order valence-electron chi connectivity index (χ0n) is 17.2. The van der Waals surface area contributed by atoms with Crippen LogP contribution in [-0.2, 0) is 11.3 Å². The van der Waals surface area contributed by atoms with Crippen LogP contribution in [0.2, 0.25) is 5.02 Å². The summed E-state index contributed by atoms with van der Waals surface area (Å²) in [5.41, 5.74) is 1.91. The van der Waals surface area contributed by atoms with Crippen molar-refractivity contribution in [1.29, 1.82) is 5.26 Å². The fraction of sp³-hybridized carbons (Fsp3) is 0.217. The molecule has 0 spiro atoms. The largest absolute Gasteiger partial charge is 0.445 e. The number of rotatable bonds is 6. The summed E-state index contributed by atoms with van der Waals surface area (Å²) < 4.78 is 5.45. The normalized spacial score (nSPS) is 15.6. The van der Waals surface area contributed by atoms with Crippen LogP contribution in [0.25, 0.3) is 0 Å². The van der Waals surface area contributed by atoms with Gasteiger partial charge in [0.1, 0.15) is 18.2 Å². The summed E-state index contributed by atoms with van der Waals surface area (Å²) in [6.07, 6.45) is 2.91. The van der Waals surface area contributed by atoms with Crippen LogP contribution in [0.3, 0.4) is 0 Å². The number of amides is 1. The van der Waals surface area contributed by atoms with E-state index in [0.717, 1.165) is 18.4 Å². The molecule has 1 saturated heterocycles. The highest BCUT2D eigenvalue weighted by atomic mass is 35.5. The molecule has 1 fully saturated rings. The summed E-state index contributed by atoms with van der Waals surface area (Å²) >= 11 is 6.01. The Bertz CT molecular complexity index is 1150. The Morgan fingerprint density at radius 1 is 1.34 bits per heavy atom. The predicted octanol–water partition coefficient (Wildman–Crippen LogP) is 5.18. The van der Waals surface area contributed by atoms with Crippen LogP contribution in [0.4, 0.5) is 22.1 Å². The van der Waals surface area contributed by atoms with Crippen LogP contribution in [0.15, 0.2) is 59.6 Å². The Kier molecular flexibility index (Phi) is 6.68. The number of halogens is 1. The second kappa shape index (κ2) is 9.98. The molecule has 2 aromatic carbocycles. The average Bonchev–Trinajstić information content (AvgIpc) is 3.43. The number of H-pyrrole nitrogens is 1. The molecule has 162 valence electrons. The molecule has 2 heterocycles. The Morgan fingerprint density at radius 3 is 2.97 bits per heavy atom. The topological polar surface area (TPSA) is 106 Å². The maximum atomic E-state index is 12.5. The van der Waals surface area contributed by atoms with E-state index in [4.69, 9.17) is 16.3 Å². The maximum absolute atomic E-state index is 12.5. The number of hydrogen-bond donors (Lipinski definition) is 2. The zero-order valence-corrected chi connectivity index (χ0v) is 17.9. The molecule has 0 radical (unpaired) electrons. The summed E-state index contributed by atoms with van der Waals surface area (Å²) in [5, 5.41) is 20.2. The summed E-state index contributed by atoms with van der Waals surface area (Å²) in [7, 11) is 0. The number of ether oxygens (including phenoxy) is 1. The van der Waals surface area contributed by atoms with Crippen LogP contribution in [-0.4, -0.2) is 40.0 Å². The third-order valence-electron chi connectivity index (χ3n) is 5.06. The van der Waals surface area contributed by atoms with Gasteiger partial charge in [0.2, 0.25) is 0 Å². The van der Waals surface area contributed by atoms with Gasteiger partial charge in [0.05, 0.1) is 6.04 Å². The molecule has 8 nitrogen and oxygen atoms in total. The van der Waals surface area contributed by atoms with E-state index in [1.807, 2.05) is 36.4 Å². The third-order valence-corrected chi connectivity index (χ3v) is 5.30. The van der Waals surface area contributed by atoms with Crippen molar-refractivity contribution in [2.75, 3.05) is 11.9 Å². The van der Waals surface area contributed by atoms with Crippen molar-refractivity contribution in [3.05, 3.63) is 70.7 Å². The highest BCUT2D eigenvalue weighted by molar-refractivity contribution is 6.30. The Balaban J connectivity index is 1.42. The molecule has 1 atom stereocenters. The van der Waals surface area contributed by atoms with E-state index in [1.54, 1.807) is 29.3 Å². The first kappa shape index (κ1) is 21.4. The van der Waals surface area contributed by atoms with E-state index in [1.165, 1.54) is 0 Å². The molecule has 4 rings (SSSR count). The number of aliphatic imine (C=N–C) groups is 1. The lowest BCUT2D eigenvalue weighted by Crippen LogP contribution is -2.36. The molecule has 0 bridgehead atoms. The van der Waals surface area contributed by atoms with Crippen LogP contribution in [0, 0.1) is 11.3 Å². The number of anilines is 2. The van der Waals surface area contributed by atoms with Gasteiger partial charge in [-0.1, -0.05) is 48.0 Å². The molecule has 0 saturated carbocycles. The minimum atomic E-state index is -0.378. The second-order valence-corrected chi connectivity index (χ2v) is 7.70. The van der Waals surface area contributed by atoms with Crippen molar-refractivity contribution >= 4 is 41.2 Å². The van der Waals surface area contributed by atoms with Gasteiger partial charge in [0.15, 0.2) is 11.6 Å². The smallest absolute Gasteiger partial charge is 0.410 e. The van der Waals surface area contributed by atoms with Gasteiger partial charge in [0.25, 0.3) is 0 Å². The average molecular weight is 449 g/mol. The number of hydrogen-bond acceptors (Lipinski definition) is 6. The lowest BCUT2D eigenvalue weighted by atomic mass is 10.2. The van der Waals surface area contributed by atoms with E-state index >= 15 is 0 Å². The minimum Gasteiger partial charge on any atom is -0.445 e. The summed E-state index contributed by atoms with van der Waals surface area (Å²) in [4.78, 5) is 18.6. The van der Waals surface area contributed by atoms with E-state index in [0.29, 0.717) is 28.9 Å². The fourth-order valence-corrected chi connectivity index (χ4v) is 3.65. The van der Waals surface area contributed by atoms with Gasteiger partial charge in [0, 0.05) is 23.5 Å². The maximum Gasteiger partial charge on any atom is 0.410 e. The molecule has 1 amide bonds. The zero-order chi connectivity index (χ0) is 22.3. The molecular weight excluding hydrogens is 428 g/mol. The summed E-state index contributed by atoms with van der Waals surface area (Å²) in [5.74, 6) is 0.675. The van der Waals surface area contributed by atoms with Crippen molar-refractivity contribution < 1.29 is 9.53 Å². The molecule has 1 aliphatic heterocycles. The number of benzene rings is 2. The second-order valence-electron chi connectivity index (χ2n) is 7.26. The van der Waals surface area contributed by atoms with Gasteiger partial charge in [-0.2, -0.15) is 10.4 Å². The first-order valence-electron chi connectivity index (χ1n) is 10.2. The fourth-order valence-electron chi connectivity index (χ4n) is 3.46. The van der Waals surface area contributed by atoms with Crippen LogP contribution in [0.1, 0.15) is 24.0 Å². The van der Waals surface area contributed by atoms with Gasteiger partial charge in [-0.3, -0.25) is 5.10 Å². The standard InChI is InChI=1S/C23H21ClN6O2/c24-17-8-4-9-18(12-17)27-22-20(13-25)21(28-29-22)26-14-19-10-5-11-30(19)23(31)32-15-16-6-2-1-3-7-16/h1-4,6-9,12,14,19H,5,10-11,15H2,(H2,27,28,29)/b26-14+. The number of aromatic nitrogens is 2. The lowest BCUT2D eigenvalue weighted by Gasteiger charge is -2.21. The van der Waals surface area contributed by atoms with Crippen molar-refractivity contribution in [1.82, 2.24) is 15.1 Å². The number of carbonyl (C=O) groups excluding carboxylic acids is 1. The van der Waals surface area contributed by atoms with Crippen LogP contribution < -0.4 is 5.32 Å². The van der Waals surface area contributed by atoms with Crippen molar-refractivity contribution in [3.8, 4) is 6.07 Å². The van der Waals surface area contributed by atoms with Gasteiger partial charge in [-0.25, -0.2) is 9.79 Å². The molecule has 1 unspecified atom stereocenters. The molecule has 3 aromatic rings. The molecule has 9 heteroatoms. The number of aromatic amines is 1. The van der Waals surface area contributed by atoms with E-state index in [9.17, 15) is 10.1 Å². The van der Waals surface area contributed by atoms with Crippen molar-refractivity contribution in [3.63, 3.8) is 0 Å². The Labute approximate surface area is 190 Å². The van der Waals surface area contributed by atoms with Gasteiger partial charge in [-0.05, 0) is 36.6 Å². The molecule has 0 aliphatic carbocycles. The van der Waals surface area contributed by atoms with Crippen molar-refractivity contribution in [2.45, 2.75) is 25.5 Å². The highest BCUT2D eigenvalue weighted by Crippen LogP contribution is 2.27. The first-order chi connectivity index (χ1) is 15.6. The molecular formula is C23H21ClN6O2. The minimum absolute atomic E-state index is 0.211. The first-order valence-corrected chi connectivity index (χ1v) is 10.5.